The van der Waals surface area contributed by atoms with Crippen LogP contribution in [0.15, 0.2) is 28.5 Å². The summed E-state index contributed by atoms with van der Waals surface area (Å²) >= 11 is 5.46. The van der Waals surface area contributed by atoms with E-state index in [1.54, 1.807) is 6.92 Å². The molecule has 0 aromatic carbocycles. The lowest BCUT2D eigenvalue weighted by Gasteiger charge is -1.84. The number of aliphatic imine (C=N–C) groups is 1. The highest BCUT2D eigenvalue weighted by Gasteiger charge is 1.80. The van der Waals surface area contributed by atoms with E-state index < -0.39 is 0 Å². The number of allylic oxidation sites excluding steroid dienone is 2. The Hall–Kier alpha value is -0.760. The van der Waals surface area contributed by atoms with E-state index in [4.69, 9.17) is 17.3 Å². The van der Waals surface area contributed by atoms with E-state index >= 15 is 0 Å². The van der Waals surface area contributed by atoms with Crippen molar-refractivity contribution in [3.05, 3.63) is 23.5 Å². The largest absolute Gasteiger partial charge is 0.403 e. The fraction of sp³-hybridized carbons (Fsp3) is 0.167. The maximum Gasteiger partial charge on any atom is 0.0743 e. The molecule has 0 spiro atoms. The second-order valence-corrected chi connectivity index (χ2v) is 1.98. The average molecular weight is 145 g/mol. The van der Waals surface area contributed by atoms with Crippen LogP contribution in [0.3, 0.4) is 0 Å². The zero-order valence-corrected chi connectivity index (χ0v) is 6.02. The fourth-order valence-electron chi connectivity index (χ4n) is 0.215. The van der Waals surface area contributed by atoms with Crippen molar-refractivity contribution >= 4 is 17.8 Å². The lowest BCUT2D eigenvalue weighted by atomic mass is 10.6. The van der Waals surface area contributed by atoms with Gasteiger partial charge in [0.25, 0.3) is 0 Å². The second-order valence-electron chi connectivity index (χ2n) is 1.55. The minimum atomic E-state index is 0.415. The molecule has 0 saturated heterocycles. The van der Waals surface area contributed by atoms with Gasteiger partial charge in [-0.25, -0.2) is 0 Å². The SMILES string of the molecule is C=C(C)/N=C\C(Cl)=C/N. The van der Waals surface area contributed by atoms with Crippen molar-refractivity contribution in [2.75, 3.05) is 0 Å². The van der Waals surface area contributed by atoms with Crippen molar-refractivity contribution < 1.29 is 0 Å². The van der Waals surface area contributed by atoms with Crippen LogP contribution in [0.2, 0.25) is 0 Å². The second kappa shape index (κ2) is 4.15. The molecule has 0 unspecified atom stereocenters. The maximum atomic E-state index is 5.46. The highest BCUT2D eigenvalue weighted by atomic mass is 35.5. The van der Waals surface area contributed by atoms with E-state index in [1.807, 2.05) is 0 Å². The number of hydrogen-bond acceptors (Lipinski definition) is 2. The minimum Gasteiger partial charge on any atom is -0.403 e. The Labute approximate surface area is 59.7 Å². The lowest BCUT2D eigenvalue weighted by molar-refractivity contribution is 1.34. The molecular formula is C6H9ClN2. The molecule has 3 heteroatoms. The summed E-state index contributed by atoms with van der Waals surface area (Å²) < 4.78 is 0. The Bertz CT molecular complexity index is 158. The van der Waals surface area contributed by atoms with Crippen LogP contribution in [0.5, 0.6) is 0 Å². The minimum absolute atomic E-state index is 0.415. The van der Waals surface area contributed by atoms with Crippen LogP contribution in [-0.2, 0) is 0 Å². The van der Waals surface area contributed by atoms with E-state index in [9.17, 15) is 0 Å². The van der Waals surface area contributed by atoms with Crippen molar-refractivity contribution in [2.24, 2.45) is 10.7 Å². The molecule has 0 saturated carbocycles. The van der Waals surface area contributed by atoms with Crippen molar-refractivity contribution in [3.63, 3.8) is 0 Å². The quantitative estimate of drug-likeness (QED) is 0.588. The first-order chi connectivity index (χ1) is 4.16. The molecule has 0 aromatic heterocycles. The molecule has 0 aliphatic heterocycles. The Kier molecular flexibility index (Phi) is 3.80. The van der Waals surface area contributed by atoms with Crippen molar-refractivity contribution in [1.82, 2.24) is 0 Å². The first-order valence-corrected chi connectivity index (χ1v) is 2.81. The van der Waals surface area contributed by atoms with Gasteiger partial charge in [-0.15, -0.1) is 0 Å². The standard InChI is InChI=1S/C6H9ClN2/c1-5(2)9-4-6(7)3-8/h3-4H,1,8H2,2H3/b6-3+,9-4-. The lowest BCUT2D eigenvalue weighted by Crippen LogP contribution is -1.82. The first kappa shape index (κ1) is 8.24. The molecule has 0 aliphatic carbocycles. The van der Waals surface area contributed by atoms with Crippen molar-refractivity contribution in [3.8, 4) is 0 Å². The third-order valence-corrected chi connectivity index (χ3v) is 0.791. The van der Waals surface area contributed by atoms with Crippen LogP contribution < -0.4 is 5.73 Å². The molecule has 9 heavy (non-hydrogen) atoms. The summed E-state index contributed by atoms with van der Waals surface area (Å²) in [6.07, 6.45) is 2.72. The molecule has 0 amide bonds. The predicted octanol–water partition coefficient (Wildman–Crippen LogP) is 1.63. The summed E-state index contributed by atoms with van der Waals surface area (Å²) in [4.78, 5) is 3.80. The Balaban J connectivity index is 3.86. The van der Waals surface area contributed by atoms with Gasteiger partial charge in [0, 0.05) is 18.1 Å². The molecular weight excluding hydrogens is 136 g/mol. The number of nitrogens with zero attached hydrogens (tertiary/aromatic N) is 1. The molecule has 2 N–H and O–H groups in total. The van der Waals surface area contributed by atoms with Crippen molar-refractivity contribution in [2.45, 2.75) is 6.92 Å². The molecule has 0 atom stereocenters. The third-order valence-electron chi connectivity index (χ3n) is 0.567. The van der Waals surface area contributed by atoms with Gasteiger partial charge in [0.1, 0.15) is 0 Å². The molecule has 0 aromatic rings. The number of rotatable bonds is 2. The molecule has 50 valence electrons. The molecule has 0 heterocycles. The van der Waals surface area contributed by atoms with E-state index in [-0.39, 0.29) is 0 Å². The van der Waals surface area contributed by atoms with Crippen LogP contribution >= 0.6 is 11.6 Å². The Morgan fingerprint density at radius 3 is 2.67 bits per heavy atom. The van der Waals surface area contributed by atoms with E-state index in [2.05, 4.69) is 11.6 Å². The molecule has 2 nitrogen and oxygen atoms in total. The van der Waals surface area contributed by atoms with Gasteiger partial charge in [0.2, 0.25) is 0 Å². The van der Waals surface area contributed by atoms with Crippen LogP contribution in [-0.4, -0.2) is 6.21 Å². The van der Waals surface area contributed by atoms with Crippen LogP contribution in [0.25, 0.3) is 0 Å². The highest BCUT2D eigenvalue weighted by molar-refractivity contribution is 6.39. The maximum absolute atomic E-state index is 5.46. The van der Waals surface area contributed by atoms with E-state index in [0.717, 1.165) is 0 Å². The molecule has 0 aliphatic rings. The van der Waals surface area contributed by atoms with E-state index in [1.165, 1.54) is 12.4 Å². The monoisotopic (exact) mass is 144 g/mol. The summed E-state index contributed by atoms with van der Waals surface area (Å²) in [5, 5.41) is 0.415. The van der Waals surface area contributed by atoms with Gasteiger partial charge < -0.3 is 5.73 Å². The van der Waals surface area contributed by atoms with Gasteiger partial charge in [0.15, 0.2) is 0 Å². The van der Waals surface area contributed by atoms with E-state index in [0.29, 0.717) is 10.7 Å². The summed E-state index contributed by atoms with van der Waals surface area (Å²) in [6.45, 7) is 5.31. The summed E-state index contributed by atoms with van der Waals surface area (Å²) in [6, 6.07) is 0. The zero-order valence-electron chi connectivity index (χ0n) is 5.26. The number of hydrogen-bond donors (Lipinski definition) is 1. The molecule has 0 fully saturated rings. The van der Waals surface area contributed by atoms with Crippen molar-refractivity contribution in [1.29, 1.82) is 0 Å². The normalized spacial score (nSPS) is 12.4. The fourth-order valence-corrected chi connectivity index (χ4v) is 0.264. The average Bonchev–Trinajstić information content (AvgIpc) is 1.83. The van der Waals surface area contributed by atoms with Gasteiger partial charge in [-0.2, -0.15) is 0 Å². The summed E-state index contributed by atoms with van der Waals surface area (Å²) in [5.74, 6) is 0. The number of halogens is 1. The van der Waals surface area contributed by atoms with Gasteiger partial charge in [0.05, 0.1) is 5.03 Å². The molecule has 0 rings (SSSR count). The van der Waals surface area contributed by atoms with Gasteiger partial charge in [-0.1, -0.05) is 18.2 Å². The van der Waals surface area contributed by atoms with Crippen LogP contribution in [0, 0.1) is 0 Å². The van der Waals surface area contributed by atoms with Crippen LogP contribution in [0.4, 0.5) is 0 Å². The molecule has 0 bridgehead atoms. The first-order valence-electron chi connectivity index (χ1n) is 2.44. The third kappa shape index (κ3) is 5.11. The Morgan fingerprint density at radius 2 is 2.33 bits per heavy atom. The summed E-state index contributed by atoms with van der Waals surface area (Å²) in [5.41, 5.74) is 5.75. The Morgan fingerprint density at radius 1 is 1.78 bits per heavy atom. The smallest absolute Gasteiger partial charge is 0.0743 e. The summed E-state index contributed by atoms with van der Waals surface area (Å²) in [7, 11) is 0. The topological polar surface area (TPSA) is 38.4 Å². The van der Waals surface area contributed by atoms with Gasteiger partial charge in [-0.05, 0) is 6.92 Å². The number of nitrogens with two attached hydrogens (primary N) is 1. The van der Waals surface area contributed by atoms with Gasteiger partial charge in [-0.3, -0.25) is 4.99 Å². The predicted molar refractivity (Wildman–Crippen MR) is 41.4 cm³/mol. The van der Waals surface area contributed by atoms with Gasteiger partial charge >= 0.3 is 0 Å². The highest BCUT2D eigenvalue weighted by Crippen LogP contribution is 1.95. The van der Waals surface area contributed by atoms with Crippen LogP contribution in [0.1, 0.15) is 6.92 Å². The molecule has 0 radical (unpaired) electrons. The zero-order chi connectivity index (χ0) is 7.28.